The molecule has 140 valence electrons. The summed E-state index contributed by atoms with van der Waals surface area (Å²) in [6.07, 6.45) is -1.14. The molecule has 2 aromatic carbocycles. The zero-order chi connectivity index (χ0) is 19.4. The van der Waals surface area contributed by atoms with Gasteiger partial charge in [-0.1, -0.05) is 12.1 Å². The number of esters is 1. The Balaban J connectivity index is 1.55. The number of rotatable bonds is 6. The molecule has 0 unspecified atom stereocenters. The van der Waals surface area contributed by atoms with Crippen LogP contribution in [-0.4, -0.2) is 22.5 Å². The number of nitrogens with one attached hydrogen (secondary N) is 1. The fourth-order valence-electron chi connectivity index (χ4n) is 2.52. The Hall–Kier alpha value is -3.42. The molecule has 7 nitrogen and oxygen atoms in total. The lowest BCUT2D eigenvalue weighted by Crippen LogP contribution is -2.30. The minimum absolute atomic E-state index is 0.0704. The summed E-state index contributed by atoms with van der Waals surface area (Å²) in [4.78, 5) is 35.9. The maximum atomic E-state index is 12.9. The number of amides is 1. The normalized spacial score (nSPS) is 11.9. The summed E-state index contributed by atoms with van der Waals surface area (Å²) in [5.74, 6) is -2.16. The van der Waals surface area contributed by atoms with E-state index in [4.69, 9.17) is 9.15 Å². The van der Waals surface area contributed by atoms with Crippen LogP contribution in [0.1, 0.15) is 13.3 Å². The van der Waals surface area contributed by atoms with E-state index in [0.29, 0.717) is 16.8 Å². The highest BCUT2D eigenvalue weighted by atomic mass is 19.1. The second-order valence-corrected chi connectivity index (χ2v) is 5.87. The van der Waals surface area contributed by atoms with Gasteiger partial charge in [0, 0.05) is 12.2 Å². The number of aryl methyl sites for hydroxylation is 1. The van der Waals surface area contributed by atoms with Gasteiger partial charge < -0.3 is 14.5 Å². The lowest BCUT2D eigenvalue weighted by molar-refractivity contribution is -0.153. The summed E-state index contributed by atoms with van der Waals surface area (Å²) >= 11 is 0. The third-order valence-electron chi connectivity index (χ3n) is 3.90. The molecule has 1 heterocycles. The molecular formula is C19H17FN2O5. The SMILES string of the molecule is C[C@@H](OC(=O)CCn1c(=O)oc2ccccc21)C(=O)Nc1ccc(F)cc1. The van der Waals surface area contributed by atoms with E-state index in [1.807, 2.05) is 0 Å². The van der Waals surface area contributed by atoms with Crippen molar-refractivity contribution >= 4 is 28.7 Å². The number of nitrogens with zero attached hydrogens (tertiary/aromatic N) is 1. The van der Waals surface area contributed by atoms with E-state index in [9.17, 15) is 18.8 Å². The van der Waals surface area contributed by atoms with E-state index in [-0.39, 0.29) is 13.0 Å². The first-order chi connectivity index (χ1) is 12.9. The van der Waals surface area contributed by atoms with Crippen molar-refractivity contribution in [3.05, 3.63) is 64.9 Å². The highest BCUT2D eigenvalue weighted by molar-refractivity contribution is 5.95. The summed E-state index contributed by atoms with van der Waals surface area (Å²) < 4.78 is 24.4. The van der Waals surface area contributed by atoms with Crippen LogP contribution in [0.4, 0.5) is 10.1 Å². The number of ether oxygens (including phenoxy) is 1. The van der Waals surface area contributed by atoms with Crippen LogP contribution < -0.4 is 11.1 Å². The smallest absolute Gasteiger partial charge is 0.419 e. The molecule has 0 radical (unpaired) electrons. The Kier molecular flexibility index (Phi) is 5.35. The molecule has 1 N–H and O–H groups in total. The number of carbonyl (C=O) groups is 2. The largest absolute Gasteiger partial charge is 0.452 e. The zero-order valence-electron chi connectivity index (χ0n) is 14.5. The minimum Gasteiger partial charge on any atom is -0.452 e. The van der Waals surface area contributed by atoms with Crippen molar-refractivity contribution in [2.75, 3.05) is 5.32 Å². The molecule has 3 aromatic rings. The molecule has 1 atom stereocenters. The molecule has 1 amide bonds. The van der Waals surface area contributed by atoms with Crippen molar-refractivity contribution < 1.29 is 23.1 Å². The molecule has 1 aromatic heterocycles. The molecule has 0 bridgehead atoms. The van der Waals surface area contributed by atoms with Gasteiger partial charge in [-0.05, 0) is 43.3 Å². The van der Waals surface area contributed by atoms with E-state index >= 15 is 0 Å². The average molecular weight is 372 g/mol. The van der Waals surface area contributed by atoms with Crippen LogP contribution in [-0.2, 0) is 20.9 Å². The summed E-state index contributed by atoms with van der Waals surface area (Å²) in [5.41, 5.74) is 1.40. The maximum absolute atomic E-state index is 12.9. The van der Waals surface area contributed by atoms with Crippen LogP contribution in [0, 0.1) is 5.82 Å². The van der Waals surface area contributed by atoms with Gasteiger partial charge in [0.25, 0.3) is 5.91 Å². The van der Waals surface area contributed by atoms with Gasteiger partial charge in [0.05, 0.1) is 11.9 Å². The predicted octanol–water partition coefficient (Wildman–Crippen LogP) is 2.69. The first-order valence-electron chi connectivity index (χ1n) is 8.28. The number of halogens is 1. The third kappa shape index (κ3) is 4.41. The van der Waals surface area contributed by atoms with E-state index in [1.54, 1.807) is 24.3 Å². The van der Waals surface area contributed by atoms with Crippen molar-refractivity contribution in [1.82, 2.24) is 4.57 Å². The van der Waals surface area contributed by atoms with Crippen molar-refractivity contribution in [3.63, 3.8) is 0 Å². The topological polar surface area (TPSA) is 90.5 Å². The lowest BCUT2D eigenvalue weighted by Gasteiger charge is -2.13. The summed E-state index contributed by atoms with van der Waals surface area (Å²) in [6.45, 7) is 1.50. The zero-order valence-corrected chi connectivity index (χ0v) is 14.5. The molecule has 0 fully saturated rings. The van der Waals surface area contributed by atoms with Gasteiger partial charge in [-0.25, -0.2) is 9.18 Å². The van der Waals surface area contributed by atoms with Gasteiger partial charge in [-0.3, -0.25) is 14.2 Å². The molecule has 0 aliphatic heterocycles. The summed E-state index contributed by atoms with van der Waals surface area (Å²) in [5, 5.41) is 2.52. The van der Waals surface area contributed by atoms with Gasteiger partial charge in [0.15, 0.2) is 11.7 Å². The fourth-order valence-corrected chi connectivity index (χ4v) is 2.52. The summed E-state index contributed by atoms with van der Waals surface area (Å²) in [7, 11) is 0. The quantitative estimate of drug-likeness (QED) is 0.672. The number of oxazole rings is 1. The molecule has 0 saturated heterocycles. The second kappa shape index (κ2) is 7.86. The van der Waals surface area contributed by atoms with Gasteiger partial charge in [0.1, 0.15) is 5.82 Å². The number of hydrogen-bond acceptors (Lipinski definition) is 5. The highest BCUT2D eigenvalue weighted by Crippen LogP contribution is 2.13. The number of fused-ring (bicyclic) bond motifs is 1. The number of hydrogen-bond donors (Lipinski definition) is 1. The summed E-state index contributed by atoms with van der Waals surface area (Å²) in [6, 6.07) is 12.1. The first-order valence-corrected chi connectivity index (χ1v) is 8.28. The predicted molar refractivity (Wildman–Crippen MR) is 95.7 cm³/mol. The highest BCUT2D eigenvalue weighted by Gasteiger charge is 2.19. The van der Waals surface area contributed by atoms with Crippen molar-refractivity contribution in [2.45, 2.75) is 26.0 Å². The molecule has 3 rings (SSSR count). The molecular weight excluding hydrogens is 355 g/mol. The Bertz CT molecular complexity index is 1020. The third-order valence-corrected chi connectivity index (χ3v) is 3.90. The number of anilines is 1. The standard InChI is InChI=1S/C19H17FN2O5/c1-12(18(24)21-14-8-6-13(20)7-9-14)26-17(23)10-11-22-15-4-2-3-5-16(15)27-19(22)25/h2-9,12H,10-11H2,1H3,(H,21,24)/t12-/m1/s1. The van der Waals surface area contributed by atoms with Crippen LogP contribution in [0.25, 0.3) is 11.1 Å². The van der Waals surface area contributed by atoms with Crippen LogP contribution >= 0.6 is 0 Å². The Labute approximate surface area is 153 Å². The number of para-hydroxylation sites is 2. The first kappa shape index (κ1) is 18.4. The van der Waals surface area contributed by atoms with Crippen molar-refractivity contribution in [2.24, 2.45) is 0 Å². The van der Waals surface area contributed by atoms with Gasteiger partial charge in [-0.15, -0.1) is 0 Å². The van der Waals surface area contributed by atoms with E-state index < -0.39 is 29.6 Å². The van der Waals surface area contributed by atoms with Crippen molar-refractivity contribution in [3.8, 4) is 0 Å². The molecule has 27 heavy (non-hydrogen) atoms. The van der Waals surface area contributed by atoms with Crippen LogP contribution in [0.3, 0.4) is 0 Å². The van der Waals surface area contributed by atoms with Gasteiger partial charge >= 0.3 is 11.7 Å². The van der Waals surface area contributed by atoms with E-state index in [1.165, 1.54) is 35.8 Å². The van der Waals surface area contributed by atoms with E-state index in [2.05, 4.69) is 5.32 Å². The molecule has 0 spiro atoms. The molecule has 0 saturated carbocycles. The van der Waals surface area contributed by atoms with Crippen LogP contribution in [0.5, 0.6) is 0 Å². The average Bonchev–Trinajstić information content (AvgIpc) is 2.97. The fraction of sp³-hybridized carbons (Fsp3) is 0.211. The lowest BCUT2D eigenvalue weighted by atomic mass is 10.3. The number of carbonyl (C=O) groups excluding carboxylic acids is 2. The van der Waals surface area contributed by atoms with Crippen molar-refractivity contribution in [1.29, 1.82) is 0 Å². The maximum Gasteiger partial charge on any atom is 0.419 e. The Morgan fingerprint density at radius 2 is 1.89 bits per heavy atom. The van der Waals surface area contributed by atoms with Crippen LogP contribution in [0.15, 0.2) is 57.7 Å². The molecule has 0 aliphatic carbocycles. The minimum atomic E-state index is -1.04. The number of benzene rings is 2. The van der Waals surface area contributed by atoms with Gasteiger partial charge in [0.2, 0.25) is 0 Å². The Morgan fingerprint density at radius 1 is 1.19 bits per heavy atom. The number of aromatic nitrogens is 1. The second-order valence-electron chi connectivity index (χ2n) is 5.87. The molecule has 8 heteroatoms. The van der Waals surface area contributed by atoms with Gasteiger partial charge in [-0.2, -0.15) is 0 Å². The van der Waals surface area contributed by atoms with Crippen LogP contribution in [0.2, 0.25) is 0 Å². The Morgan fingerprint density at radius 3 is 2.63 bits per heavy atom. The monoisotopic (exact) mass is 372 g/mol. The molecule has 0 aliphatic rings. The van der Waals surface area contributed by atoms with E-state index in [0.717, 1.165) is 0 Å².